The van der Waals surface area contributed by atoms with Crippen LogP contribution in [0.4, 0.5) is 4.39 Å². The SMILES string of the molecule is Cc1cc([Se]c2ccccc2)ccc1F. The Morgan fingerprint density at radius 1 is 0.933 bits per heavy atom. The molecule has 0 atom stereocenters. The van der Waals surface area contributed by atoms with Crippen molar-refractivity contribution in [1.82, 2.24) is 0 Å². The molecule has 2 aromatic carbocycles. The van der Waals surface area contributed by atoms with Gasteiger partial charge in [0, 0.05) is 0 Å². The molecule has 0 amide bonds. The van der Waals surface area contributed by atoms with E-state index in [-0.39, 0.29) is 20.8 Å². The standard InChI is InChI=1S/C13H11FSe/c1-10-9-12(7-8-13(10)14)15-11-5-3-2-4-6-11/h2-9H,1H3. The number of benzene rings is 2. The summed E-state index contributed by atoms with van der Waals surface area (Å²) in [6, 6.07) is 15.7. The van der Waals surface area contributed by atoms with E-state index in [9.17, 15) is 4.39 Å². The van der Waals surface area contributed by atoms with Gasteiger partial charge in [0.05, 0.1) is 0 Å². The summed E-state index contributed by atoms with van der Waals surface area (Å²) >= 11 is 0.277. The van der Waals surface area contributed by atoms with Gasteiger partial charge in [0.25, 0.3) is 0 Å². The summed E-state index contributed by atoms with van der Waals surface area (Å²) in [5, 5.41) is 0. The Labute approximate surface area is 95.3 Å². The van der Waals surface area contributed by atoms with E-state index in [1.807, 2.05) is 30.3 Å². The quantitative estimate of drug-likeness (QED) is 0.726. The first-order valence-corrected chi connectivity index (χ1v) is 6.46. The molecule has 0 aliphatic heterocycles. The van der Waals surface area contributed by atoms with Crippen LogP contribution in [-0.4, -0.2) is 15.0 Å². The minimum absolute atomic E-state index is 0.123. The Morgan fingerprint density at radius 2 is 1.67 bits per heavy atom. The van der Waals surface area contributed by atoms with Crippen molar-refractivity contribution in [1.29, 1.82) is 0 Å². The van der Waals surface area contributed by atoms with Crippen molar-refractivity contribution >= 4 is 23.9 Å². The van der Waals surface area contributed by atoms with Crippen LogP contribution >= 0.6 is 0 Å². The molecule has 0 aromatic heterocycles. The normalized spacial score (nSPS) is 10.3. The monoisotopic (exact) mass is 266 g/mol. The van der Waals surface area contributed by atoms with Crippen LogP contribution in [0, 0.1) is 12.7 Å². The summed E-state index contributed by atoms with van der Waals surface area (Å²) in [6.45, 7) is 1.81. The fourth-order valence-electron chi connectivity index (χ4n) is 1.31. The molecule has 0 saturated carbocycles. The van der Waals surface area contributed by atoms with Crippen LogP contribution in [0.15, 0.2) is 48.5 Å². The first-order chi connectivity index (χ1) is 7.25. The van der Waals surface area contributed by atoms with Crippen LogP contribution in [-0.2, 0) is 0 Å². The number of hydrogen-bond donors (Lipinski definition) is 0. The van der Waals surface area contributed by atoms with Crippen LogP contribution in [0.25, 0.3) is 0 Å². The molecule has 76 valence electrons. The Morgan fingerprint density at radius 3 is 2.33 bits per heavy atom. The summed E-state index contributed by atoms with van der Waals surface area (Å²) in [5.41, 5.74) is 0.727. The van der Waals surface area contributed by atoms with E-state index < -0.39 is 0 Å². The van der Waals surface area contributed by atoms with Gasteiger partial charge >= 0.3 is 95.1 Å². The van der Waals surface area contributed by atoms with Crippen LogP contribution in [0.1, 0.15) is 5.56 Å². The second-order valence-corrected chi connectivity index (χ2v) is 5.73. The molecule has 0 nitrogen and oxygen atoms in total. The van der Waals surface area contributed by atoms with Crippen LogP contribution < -0.4 is 8.92 Å². The Kier molecular flexibility index (Phi) is 3.20. The average Bonchev–Trinajstić information content (AvgIpc) is 2.25. The summed E-state index contributed by atoms with van der Waals surface area (Å²) < 4.78 is 15.6. The zero-order valence-corrected chi connectivity index (χ0v) is 10.1. The maximum absolute atomic E-state index is 13.0. The van der Waals surface area contributed by atoms with Gasteiger partial charge in [0.1, 0.15) is 0 Å². The van der Waals surface area contributed by atoms with Crippen molar-refractivity contribution in [3.63, 3.8) is 0 Å². The molecule has 0 N–H and O–H groups in total. The predicted molar refractivity (Wildman–Crippen MR) is 62.6 cm³/mol. The summed E-state index contributed by atoms with van der Waals surface area (Å²) in [4.78, 5) is 0. The number of aryl methyl sites for hydroxylation is 1. The van der Waals surface area contributed by atoms with Gasteiger partial charge in [0.15, 0.2) is 0 Å². The zero-order valence-electron chi connectivity index (χ0n) is 8.41. The van der Waals surface area contributed by atoms with Crippen molar-refractivity contribution < 1.29 is 4.39 Å². The van der Waals surface area contributed by atoms with E-state index in [2.05, 4.69) is 12.1 Å². The molecule has 2 heteroatoms. The Hall–Kier alpha value is -1.11. The summed E-state index contributed by atoms with van der Waals surface area (Å²) in [6.07, 6.45) is 0. The molecule has 0 aliphatic rings. The van der Waals surface area contributed by atoms with Crippen molar-refractivity contribution in [3.8, 4) is 0 Å². The van der Waals surface area contributed by atoms with Gasteiger partial charge in [-0.15, -0.1) is 0 Å². The summed E-state index contributed by atoms with van der Waals surface area (Å²) in [7, 11) is 0. The predicted octanol–water partition coefficient (Wildman–Crippen LogP) is 1.79. The van der Waals surface area contributed by atoms with Crippen molar-refractivity contribution in [2.45, 2.75) is 6.92 Å². The van der Waals surface area contributed by atoms with Crippen LogP contribution in [0.3, 0.4) is 0 Å². The van der Waals surface area contributed by atoms with E-state index in [0.717, 1.165) is 5.56 Å². The van der Waals surface area contributed by atoms with Crippen LogP contribution in [0.5, 0.6) is 0 Å². The van der Waals surface area contributed by atoms with E-state index >= 15 is 0 Å². The molecule has 2 aromatic rings. The second kappa shape index (κ2) is 4.61. The van der Waals surface area contributed by atoms with Crippen LogP contribution in [0.2, 0.25) is 0 Å². The molecule has 2 rings (SSSR count). The molecular formula is C13H11FSe. The number of rotatable bonds is 2. The van der Waals surface area contributed by atoms with Gasteiger partial charge in [-0.25, -0.2) is 0 Å². The van der Waals surface area contributed by atoms with Crippen molar-refractivity contribution in [2.75, 3.05) is 0 Å². The molecule has 15 heavy (non-hydrogen) atoms. The van der Waals surface area contributed by atoms with E-state index in [4.69, 9.17) is 0 Å². The average molecular weight is 265 g/mol. The third-order valence-corrected chi connectivity index (χ3v) is 4.20. The molecule has 0 fully saturated rings. The molecule has 0 saturated heterocycles. The zero-order chi connectivity index (χ0) is 10.7. The topological polar surface area (TPSA) is 0 Å². The molecule has 0 spiro atoms. The van der Waals surface area contributed by atoms with Crippen molar-refractivity contribution in [2.24, 2.45) is 0 Å². The van der Waals surface area contributed by atoms with E-state index in [1.165, 1.54) is 8.92 Å². The van der Waals surface area contributed by atoms with Gasteiger partial charge in [-0.05, 0) is 0 Å². The summed E-state index contributed by atoms with van der Waals surface area (Å²) in [5.74, 6) is -0.123. The van der Waals surface area contributed by atoms with E-state index in [0.29, 0.717) is 0 Å². The molecule has 0 heterocycles. The van der Waals surface area contributed by atoms with E-state index in [1.54, 1.807) is 13.0 Å². The van der Waals surface area contributed by atoms with Gasteiger partial charge in [-0.1, -0.05) is 0 Å². The maximum atomic E-state index is 13.0. The first kappa shape index (κ1) is 10.4. The molecule has 0 unspecified atom stereocenters. The van der Waals surface area contributed by atoms with Gasteiger partial charge < -0.3 is 0 Å². The first-order valence-electron chi connectivity index (χ1n) is 4.75. The molecule has 0 radical (unpaired) electrons. The van der Waals surface area contributed by atoms with Gasteiger partial charge in [-0.2, -0.15) is 0 Å². The second-order valence-electron chi connectivity index (χ2n) is 3.33. The Bertz CT molecular complexity index is 451. The molecule has 0 bridgehead atoms. The number of halogens is 1. The molecular weight excluding hydrogens is 254 g/mol. The third kappa shape index (κ3) is 2.68. The number of hydrogen-bond acceptors (Lipinski definition) is 0. The molecule has 0 aliphatic carbocycles. The third-order valence-electron chi connectivity index (χ3n) is 2.11. The minimum atomic E-state index is -0.123. The fraction of sp³-hybridized carbons (Fsp3) is 0.0769. The van der Waals surface area contributed by atoms with Crippen molar-refractivity contribution in [3.05, 3.63) is 59.9 Å². The van der Waals surface area contributed by atoms with Gasteiger partial charge in [0.2, 0.25) is 0 Å². The fourth-order valence-corrected chi connectivity index (χ4v) is 3.27. The van der Waals surface area contributed by atoms with Gasteiger partial charge in [-0.3, -0.25) is 0 Å². The Balaban J connectivity index is 2.22.